The molecule has 17 N–H and O–H groups in total. The van der Waals surface area contributed by atoms with Crippen LogP contribution in [0.15, 0.2) is 0 Å². The molecule has 0 aromatic heterocycles. The van der Waals surface area contributed by atoms with Gasteiger partial charge in [0.15, 0.2) is 18.9 Å². The van der Waals surface area contributed by atoms with Crippen molar-refractivity contribution in [3.8, 4) is 0 Å². The van der Waals surface area contributed by atoms with Crippen LogP contribution in [0.2, 0.25) is 0 Å². The van der Waals surface area contributed by atoms with Crippen LogP contribution in [0.3, 0.4) is 0 Å². The molecule has 0 aromatic carbocycles. The van der Waals surface area contributed by atoms with Crippen molar-refractivity contribution in [2.24, 2.45) is 34.6 Å². The summed E-state index contributed by atoms with van der Waals surface area (Å²) in [5, 5.41) is 73.5. The maximum Gasteiger partial charge on any atom is 0.187 e. The first-order valence-corrected chi connectivity index (χ1v) is 15.2. The minimum atomic E-state index is -1.59. The third kappa shape index (κ3) is 7.23. The molecule has 8 unspecified atom stereocenters. The smallest absolute Gasteiger partial charge is 0.187 e. The SMILES string of the molecule is CCC[C@@H]1C(CO)O[C@H](O[C@@H]2C(N)C[C@@H](N)C(O)[C@H]2O[C@@H]2O[C@H](CO)[C@H](O[C@H]3OC(CN)[C@@H](O)C(O)C3N)C2O)[C@@H](N)C1O. The molecule has 1 aliphatic carbocycles. The molecule has 18 heteroatoms. The fourth-order valence-corrected chi connectivity index (χ4v) is 6.49. The number of ether oxygens (including phenoxy) is 6. The largest absolute Gasteiger partial charge is 0.394 e. The van der Waals surface area contributed by atoms with Gasteiger partial charge < -0.3 is 92.8 Å². The van der Waals surface area contributed by atoms with E-state index in [1.165, 1.54) is 0 Å². The minimum absolute atomic E-state index is 0.116. The van der Waals surface area contributed by atoms with Crippen molar-refractivity contribution in [3.05, 3.63) is 0 Å². The molecular formula is C26H51N5O13. The van der Waals surface area contributed by atoms with Crippen molar-refractivity contribution < 1.29 is 64.2 Å². The van der Waals surface area contributed by atoms with E-state index in [-0.39, 0.29) is 19.6 Å². The predicted octanol–water partition coefficient (Wildman–Crippen LogP) is -6.81. The Hall–Kier alpha value is -0.720. The molecule has 18 nitrogen and oxygen atoms in total. The van der Waals surface area contributed by atoms with E-state index in [9.17, 15) is 35.7 Å². The number of nitrogens with two attached hydrogens (primary N) is 5. The molecule has 4 aliphatic rings. The summed E-state index contributed by atoms with van der Waals surface area (Å²) in [6.07, 6.45) is -16.2. The highest BCUT2D eigenvalue weighted by molar-refractivity contribution is 5.02. The van der Waals surface area contributed by atoms with Gasteiger partial charge in [-0.3, -0.25) is 0 Å². The predicted molar refractivity (Wildman–Crippen MR) is 149 cm³/mol. The van der Waals surface area contributed by atoms with Gasteiger partial charge in [0.2, 0.25) is 0 Å². The molecule has 0 spiro atoms. The third-order valence-electron chi connectivity index (χ3n) is 9.13. The Morgan fingerprint density at radius 2 is 1.16 bits per heavy atom. The highest BCUT2D eigenvalue weighted by Crippen LogP contribution is 2.35. The average molecular weight is 642 g/mol. The zero-order valence-electron chi connectivity index (χ0n) is 24.7. The molecule has 0 bridgehead atoms. The van der Waals surface area contributed by atoms with Crippen molar-refractivity contribution in [3.63, 3.8) is 0 Å². The van der Waals surface area contributed by atoms with Crippen LogP contribution >= 0.6 is 0 Å². The Kier molecular flexibility index (Phi) is 12.7. The molecule has 19 atom stereocenters. The lowest BCUT2D eigenvalue weighted by molar-refractivity contribution is -0.306. The maximum absolute atomic E-state index is 11.2. The zero-order chi connectivity index (χ0) is 32.5. The number of aliphatic hydroxyl groups is 7. The lowest BCUT2D eigenvalue weighted by Gasteiger charge is -2.48. The highest BCUT2D eigenvalue weighted by Gasteiger charge is 2.54. The van der Waals surface area contributed by atoms with Gasteiger partial charge in [0, 0.05) is 24.5 Å². The summed E-state index contributed by atoms with van der Waals surface area (Å²) < 4.78 is 35.2. The number of rotatable bonds is 11. The molecule has 0 aromatic rings. The van der Waals surface area contributed by atoms with E-state index >= 15 is 0 Å². The van der Waals surface area contributed by atoms with E-state index in [1.54, 1.807) is 0 Å². The summed E-state index contributed by atoms with van der Waals surface area (Å²) in [5.74, 6) is -0.425. The molecule has 0 amide bonds. The number of aliphatic hydroxyl groups excluding tert-OH is 7. The van der Waals surface area contributed by atoms with E-state index in [1.807, 2.05) is 6.92 Å². The quantitative estimate of drug-likeness (QED) is 0.0996. The second kappa shape index (κ2) is 15.5. The van der Waals surface area contributed by atoms with Gasteiger partial charge in [0.05, 0.1) is 43.6 Å². The van der Waals surface area contributed by atoms with Gasteiger partial charge in [-0.1, -0.05) is 13.3 Å². The van der Waals surface area contributed by atoms with Gasteiger partial charge in [-0.15, -0.1) is 0 Å². The van der Waals surface area contributed by atoms with Gasteiger partial charge >= 0.3 is 0 Å². The molecule has 4 fully saturated rings. The van der Waals surface area contributed by atoms with Crippen molar-refractivity contribution >= 4 is 0 Å². The van der Waals surface area contributed by atoms with Crippen LogP contribution < -0.4 is 28.7 Å². The standard InChI is InChI=1S/C26H51N5O13/c1-2-3-8-12(6-32)40-24(14(30)16(8)34)42-21-10(29)4-9(28)17(35)23(21)44-26-20(38)22(13(7-33)41-26)43-25-15(31)19(37)18(36)11(5-27)39-25/h8-26,32-38H,2-7,27-31H2,1H3/t8-,9-,10?,11?,12?,13-,14+,15?,16?,17?,18-,19?,20?,21-,22+,23-,24-,25-,26+/m1/s1. The van der Waals surface area contributed by atoms with Crippen LogP contribution in [0.25, 0.3) is 0 Å². The summed E-state index contributed by atoms with van der Waals surface area (Å²) in [5.41, 5.74) is 30.4. The number of hydrogen-bond donors (Lipinski definition) is 12. The average Bonchev–Trinajstić information content (AvgIpc) is 3.30. The Balaban J connectivity index is 1.49. The van der Waals surface area contributed by atoms with E-state index in [2.05, 4.69) is 0 Å². The fourth-order valence-electron chi connectivity index (χ4n) is 6.49. The van der Waals surface area contributed by atoms with E-state index in [0.717, 1.165) is 6.42 Å². The van der Waals surface area contributed by atoms with Crippen molar-refractivity contribution in [2.45, 2.75) is 136 Å². The summed E-state index contributed by atoms with van der Waals surface area (Å²) in [6.45, 7) is 0.752. The van der Waals surface area contributed by atoms with Crippen LogP contribution in [0.5, 0.6) is 0 Å². The monoisotopic (exact) mass is 641 g/mol. The molecule has 3 heterocycles. The normalized spacial score (nSPS) is 51.9. The molecule has 3 saturated heterocycles. The molecule has 3 aliphatic heterocycles. The van der Waals surface area contributed by atoms with Crippen molar-refractivity contribution in [1.29, 1.82) is 0 Å². The van der Waals surface area contributed by atoms with Crippen molar-refractivity contribution in [1.82, 2.24) is 0 Å². The Morgan fingerprint density at radius 3 is 1.75 bits per heavy atom. The lowest BCUT2D eigenvalue weighted by atomic mass is 9.83. The second-order valence-electron chi connectivity index (χ2n) is 12.2. The van der Waals surface area contributed by atoms with Gasteiger partial charge in [-0.2, -0.15) is 0 Å². The van der Waals surface area contributed by atoms with Crippen LogP contribution in [0, 0.1) is 5.92 Å². The Bertz CT molecular complexity index is 897. The topological polar surface area (TPSA) is 327 Å². The molecular weight excluding hydrogens is 590 g/mol. The van der Waals surface area contributed by atoms with Gasteiger partial charge in [-0.05, 0) is 12.8 Å². The van der Waals surface area contributed by atoms with Crippen LogP contribution in [0.1, 0.15) is 26.2 Å². The molecule has 258 valence electrons. The second-order valence-corrected chi connectivity index (χ2v) is 12.2. The number of hydrogen-bond acceptors (Lipinski definition) is 18. The maximum atomic E-state index is 11.2. The van der Waals surface area contributed by atoms with Gasteiger partial charge in [0.25, 0.3) is 0 Å². The van der Waals surface area contributed by atoms with Gasteiger partial charge in [-0.25, -0.2) is 0 Å². The Morgan fingerprint density at radius 1 is 0.614 bits per heavy atom. The molecule has 0 radical (unpaired) electrons. The van der Waals surface area contributed by atoms with Gasteiger partial charge in [0.1, 0.15) is 48.8 Å². The zero-order valence-corrected chi connectivity index (χ0v) is 24.7. The summed E-state index contributed by atoms with van der Waals surface area (Å²) in [4.78, 5) is 0. The molecule has 44 heavy (non-hydrogen) atoms. The fraction of sp³-hybridized carbons (Fsp3) is 1.00. The minimum Gasteiger partial charge on any atom is -0.394 e. The molecule has 4 rings (SSSR count). The molecule has 1 saturated carbocycles. The lowest BCUT2D eigenvalue weighted by Crippen LogP contribution is -2.67. The van der Waals surface area contributed by atoms with E-state index in [0.29, 0.717) is 6.42 Å². The highest BCUT2D eigenvalue weighted by atomic mass is 16.8. The Labute approximate surface area is 255 Å². The summed E-state index contributed by atoms with van der Waals surface area (Å²) >= 11 is 0. The van der Waals surface area contributed by atoms with E-state index < -0.39 is 123 Å². The van der Waals surface area contributed by atoms with Crippen LogP contribution in [0.4, 0.5) is 0 Å². The summed E-state index contributed by atoms with van der Waals surface area (Å²) in [6, 6.07) is -3.93. The first-order valence-electron chi connectivity index (χ1n) is 15.2. The van der Waals surface area contributed by atoms with Crippen LogP contribution in [-0.2, 0) is 28.4 Å². The van der Waals surface area contributed by atoms with Crippen LogP contribution in [-0.4, -0.2) is 166 Å². The first-order chi connectivity index (χ1) is 20.9. The first kappa shape index (κ1) is 36.1. The summed E-state index contributed by atoms with van der Waals surface area (Å²) in [7, 11) is 0. The van der Waals surface area contributed by atoms with E-state index in [4.69, 9.17) is 57.1 Å². The third-order valence-corrected chi connectivity index (χ3v) is 9.13. The van der Waals surface area contributed by atoms with Crippen molar-refractivity contribution in [2.75, 3.05) is 19.8 Å².